The van der Waals surface area contributed by atoms with Gasteiger partial charge in [0.2, 0.25) is 0 Å². The van der Waals surface area contributed by atoms with Gasteiger partial charge in [0.15, 0.2) is 0 Å². The molecule has 4 heteroatoms. The van der Waals surface area contributed by atoms with Crippen molar-refractivity contribution < 1.29 is 9.47 Å². The molecule has 5 rings (SSSR count). The SMILES string of the molecule is CCCCOc1cc(/C=C/c2ccc([Si](C)(C)/C=C/c3ccccc3)cc2)c(OCCCC)cc1/C=C/c1ccc([Si](C)(C)/C=C/c2ccccc2)cc1. The summed E-state index contributed by atoms with van der Waals surface area (Å²) >= 11 is 0. The van der Waals surface area contributed by atoms with Gasteiger partial charge in [-0.3, -0.25) is 0 Å². The van der Waals surface area contributed by atoms with Crippen LogP contribution in [-0.2, 0) is 0 Å². The van der Waals surface area contributed by atoms with Crippen LogP contribution < -0.4 is 19.8 Å². The molecule has 0 unspecified atom stereocenters. The number of hydrogen-bond acceptors (Lipinski definition) is 2. The predicted molar refractivity (Wildman–Crippen MR) is 243 cm³/mol. The Morgan fingerprint density at radius 2 is 0.778 bits per heavy atom. The molecular formula is C50H58O2Si2. The van der Waals surface area contributed by atoms with Gasteiger partial charge >= 0.3 is 0 Å². The zero-order valence-electron chi connectivity index (χ0n) is 33.2. The van der Waals surface area contributed by atoms with Gasteiger partial charge in [0, 0.05) is 11.1 Å². The Morgan fingerprint density at radius 1 is 0.426 bits per heavy atom. The second kappa shape index (κ2) is 20.0. The first kappa shape index (κ1) is 40.3. The Balaban J connectivity index is 1.37. The smallest absolute Gasteiger partial charge is 0.127 e. The van der Waals surface area contributed by atoms with E-state index in [0.29, 0.717) is 13.2 Å². The van der Waals surface area contributed by atoms with E-state index in [2.05, 4.69) is 209 Å². The minimum Gasteiger partial charge on any atom is -0.493 e. The molecule has 0 aliphatic carbocycles. The first-order valence-electron chi connectivity index (χ1n) is 19.7. The Morgan fingerprint density at radius 3 is 1.13 bits per heavy atom. The van der Waals surface area contributed by atoms with E-state index in [4.69, 9.17) is 9.47 Å². The summed E-state index contributed by atoms with van der Waals surface area (Å²) in [6.07, 6.45) is 17.4. The lowest BCUT2D eigenvalue weighted by atomic mass is 10.1. The molecule has 0 radical (unpaired) electrons. The fourth-order valence-electron chi connectivity index (χ4n) is 6.10. The lowest BCUT2D eigenvalue weighted by Gasteiger charge is -2.19. The van der Waals surface area contributed by atoms with Crippen molar-refractivity contribution in [3.8, 4) is 11.5 Å². The molecule has 0 aromatic heterocycles. The Hall–Kier alpha value is -4.91. The summed E-state index contributed by atoms with van der Waals surface area (Å²) in [6, 6.07) is 43.6. The van der Waals surface area contributed by atoms with Gasteiger partial charge in [0.1, 0.15) is 27.6 Å². The van der Waals surface area contributed by atoms with E-state index >= 15 is 0 Å². The molecule has 54 heavy (non-hydrogen) atoms. The van der Waals surface area contributed by atoms with Crippen LogP contribution in [-0.4, -0.2) is 29.4 Å². The Kier molecular flexibility index (Phi) is 14.9. The maximum atomic E-state index is 6.43. The van der Waals surface area contributed by atoms with E-state index in [1.807, 2.05) is 0 Å². The quantitative estimate of drug-likeness (QED) is 0.0505. The van der Waals surface area contributed by atoms with Crippen LogP contribution in [0.5, 0.6) is 11.5 Å². The Bertz CT molecular complexity index is 1860. The number of unbranched alkanes of at least 4 members (excludes halogenated alkanes) is 2. The number of hydrogen-bond donors (Lipinski definition) is 0. The van der Waals surface area contributed by atoms with Crippen LogP contribution in [0.4, 0.5) is 0 Å². The zero-order valence-corrected chi connectivity index (χ0v) is 35.2. The minimum absolute atomic E-state index is 0.682. The molecule has 0 fully saturated rings. The highest BCUT2D eigenvalue weighted by atomic mass is 28.3. The third-order valence-electron chi connectivity index (χ3n) is 9.86. The average molecular weight is 747 g/mol. The molecule has 0 spiro atoms. The molecule has 0 bridgehead atoms. The number of rotatable bonds is 18. The molecular weight excluding hydrogens is 689 g/mol. The molecule has 0 amide bonds. The lowest BCUT2D eigenvalue weighted by molar-refractivity contribution is 0.300. The van der Waals surface area contributed by atoms with Crippen LogP contribution in [0.1, 0.15) is 72.9 Å². The van der Waals surface area contributed by atoms with Crippen molar-refractivity contribution in [3.05, 3.63) is 166 Å². The van der Waals surface area contributed by atoms with Gasteiger partial charge in [-0.15, -0.1) is 0 Å². The third-order valence-corrected chi connectivity index (χ3v) is 15.5. The van der Waals surface area contributed by atoms with Crippen LogP contribution in [0, 0.1) is 0 Å². The minimum atomic E-state index is -1.74. The van der Waals surface area contributed by atoms with Crippen LogP contribution in [0.3, 0.4) is 0 Å². The van der Waals surface area contributed by atoms with Crippen molar-refractivity contribution in [2.75, 3.05) is 13.2 Å². The zero-order chi connectivity index (χ0) is 38.2. The maximum absolute atomic E-state index is 6.43. The summed E-state index contributed by atoms with van der Waals surface area (Å²) in [5, 5.41) is 2.83. The highest BCUT2D eigenvalue weighted by molar-refractivity contribution is 6.94. The van der Waals surface area contributed by atoms with Crippen molar-refractivity contribution in [1.82, 2.24) is 0 Å². The van der Waals surface area contributed by atoms with E-state index in [1.165, 1.54) is 21.5 Å². The number of benzene rings is 5. The van der Waals surface area contributed by atoms with Gasteiger partial charge in [0.05, 0.1) is 13.2 Å². The molecule has 0 atom stereocenters. The third kappa shape index (κ3) is 12.1. The molecule has 0 heterocycles. The second-order valence-corrected chi connectivity index (χ2v) is 23.9. The maximum Gasteiger partial charge on any atom is 0.127 e. The molecule has 278 valence electrons. The predicted octanol–water partition coefficient (Wildman–Crippen LogP) is 12.7. The summed E-state index contributed by atoms with van der Waals surface area (Å²) in [6.45, 7) is 15.4. The topological polar surface area (TPSA) is 18.5 Å². The lowest BCUT2D eigenvalue weighted by Crippen LogP contribution is -2.39. The summed E-state index contributed by atoms with van der Waals surface area (Å²) in [4.78, 5) is 0. The molecule has 0 aliphatic heterocycles. The van der Waals surface area contributed by atoms with Gasteiger partial charge < -0.3 is 9.47 Å². The van der Waals surface area contributed by atoms with E-state index in [0.717, 1.165) is 59.4 Å². The molecule has 5 aromatic rings. The molecule has 0 aliphatic rings. The largest absolute Gasteiger partial charge is 0.493 e. The standard InChI is InChI=1S/C50H58O2Si2/c1-7-9-35-51-49-39-46(28-22-44-25-31-48(32-26-44)54(5,6)38-34-42-19-15-12-16-20-42)50(52-36-10-8-2)40-45(49)27-21-43-23-29-47(30-24-43)53(3,4)37-33-41-17-13-11-14-18-41/h11-34,37-40H,7-10,35-36H2,1-6H3/b27-21+,28-22+,37-33+,38-34+. The molecule has 0 N–H and O–H groups in total. The van der Waals surface area contributed by atoms with Gasteiger partial charge in [-0.2, -0.15) is 0 Å². The highest BCUT2D eigenvalue weighted by Crippen LogP contribution is 2.33. The van der Waals surface area contributed by atoms with Crippen LogP contribution >= 0.6 is 0 Å². The molecule has 0 saturated heterocycles. The van der Waals surface area contributed by atoms with E-state index in [1.54, 1.807) is 0 Å². The van der Waals surface area contributed by atoms with Crippen molar-refractivity contribution in [2.24, 2.45) is 0 Å². The van der Waals surface area contributed by atoms with Crippen LogP contribution in [0.15, 0.2) is 133 Å². The summed E-state index contributed by atoms with van der Waals surface area (Å²) in [5.74, 6) is 1.76. The molecule has 0 saturated carbocycles. The summed E-state index contributed by atoms with van der Waals surface area (Å²) in [5.41, 5.74) is 11.7. The van der Waals surface area contributed by atoms with E-state index in [9.17, 15) is 0 Å². The van der Waals surface area contributed by atoms with Crippen LogP contribution in [0.2, 0.25) is 26.2 Å². The highest BCUT2D eigenvalue weighted by Gasteiger charge is 2.20. The van der Waals surface area contributed by atoms with Gasteiger partial charge in [-0.25, -0.2) is 0 Å². The van der Waals surface area contributed by atoms with Gasteiger partial charge in [-0.1, -0.05) is 220 Å². The Labute approximate surface area is 327 Å². The summed E-state index contributed by atoms with van der Waals surface area (Å²) in [7, 11) is -3.47. The van der Waals surface area contributed by atoms with Crippen molar-refractivity contribution in [1.29, 1.82) is 0 Å². The molecule has 2 nitrogen and oxygen atoms in total. The van der Waals surface area contributed by atoms with Crippen molar-refractivity contribution in [3.63, 3.8) is 0 Å². The second-order valence-electron chi connectivity index (χ2n) is 15.2. The van der Waals surface area contributed by atoms with Crippen LogP contribution in [0.25, 0.3) is 36.5 Å². The fraction of sp³-hybridized carbons (Fsp3) is 0.240. The fourth-order valence-corrected chi connectivity index (χ4v) is 9.76. The normalized spacial score (nSPS) is 12.4. The number of ether oxygens (including phenoxy) is 2. The average Bonchev–Trinajstić information content (AvgIpc) is 3.20. The first-order chi connectivity index (χ1) is 26.2. The van der Waals surface area contributed by atoms with Crippen molar-refractivity contribution >= 4 is 63.0 Å². The van der Waals surface area contributed by atoms with Gasteiger partial charge in [-0.05, 0) is 47.2 Å². The summed E-state index contributed by atoms with van der Waals surface area (Å²) < 4.78 is 12.9. The van der Waals surface area contributed by atoms with Gasteiger partial charge in [0.25, 0.3) is 0 Å². The van der Waals surface area contributed by atoms with Crippen molar-refractivity contribution in [2.45, 2.75) is 65.7 Å². The monoisotopic (exact) mass is 746 g/mol. The van der Waals surface area contributed by atoms with E-state index in [-0.39, 0.29) is 0 Å². The van der Waals surface area contributed by atoms with E-state index < -0.39 is 16.1 Å². The first-order valence-corrected chi connectivity index (χ1v) is 25.8. The molecule has 5 aromatic carbocycles.